The van der Waals surface area contributed by atoms with E-state index in [2.05, 4.69) is 226 Å². The molecule has 0 saturated heterocycles. The molecule has 0 spiro atoms. The van der Waals surface area contributed by atoms with Crippen LogP contribution in [0.1, 0.15) is 37.5 Å². The van der Waals surface area contributed by atoms with Gasteiger partial charge in [0, 0.05) is 33.4 Å². The van der Waals surface area contributed by atoms with E-state index in [1.165, 1.54) is 122 Å². The van der Waals surface area contributed by atoms with Gasteiger partial charge in [0.05, 0.1) is 11.0 Å². The first kappa shape index (κ1) is 35.8. The Morgan fingerprint density at radius 2 is 1.10 bits per heavy atom. The average Bonchev–Trinajstić information content (AvgIpc) is 3.61. The van der Waals surface area contributed by atoms with Crippen molar-refractivity contribution in [2.45, 2.75) is 40.0 Å². The van der Waals surface area contributed by atoms with Gasteiger partial charge in [0.2, 0.25) is 0 Å². The number of aryl methyl sites for hydroxylation is 2. The van der Waals surface area contributed by atoms with Gasteiger partial charge in [0.25, 0.3) is 0 Å². The summed E-state index contributed by atoms with van der Waals surface area (Å²) in [6.45, 7) is 11.3. The van der Waals surface area contributed by atoms with Gasteiger partial charge in [-0.1, -0.05) is 148 Å². The molecule has 290 valence electrons. The summed E-state index contributed by atoms with van der Waals surface area (Å²) >= 11 is 0. The van der Waals surface area contributed by atoms with E-state index in [9.17, 15) is 0 Å². The Bertz CT molecular complexity index is 3390. The van der Waals surface area contributed by atoms with Gasteiger partial charge in [-0.05, 0) is 151 Å². The fourth-order valence-electron chi connectivity index (χ4n) is 10.6. The number of hydrogen-bond donors (Lipinski definition) is 0. The molecule has 1 aromatic heterocycles. The van der Waals surface area contributed by atoms with E-state index in [4.69, 9.17) is 0 Å². The molecule has 3 heterocycles. The van der Waals surface area contributed by atoms with Crippen LogP contribution in [0.25, 0.3) is 82.8 Å². The van der Waals surface area contributed by atoms with Crippen molar-refractivity contribution in [3.05, 3.63) is 199 Å². The van der Waals surface area contributed by atoms with Crippen molar-refractivity contribution in [2.24, 2.45) is 0 Å². The Labute approximate surface area is 358 Å². The van der Waals surface area contributed by atoms with E-state index in [-0.39, 0.29) is 12.3 Å². The van der Waals surface area contributed by atoms with E-state index < -0.39 is 0 Å². The van der Waals surface area contributed by atoms with Gasteiger partial charge in [-0.3, -0.25) is 0 Å². The lowest BCUT2D eigenvalue weighted by Gasteiger charge is -2.43. The van der Waals surface area contributed by atoms with E-state index in [1.807, 2.05) is 0 Å². The maximum atomic E-state index is 2.67. The molecule has 0 radical (unpaired) electrons. The molecular weight excluding hydrogens is 735 g/mol. The lowest BCUT2D eigenvalue weighted by molar-refractivity contribution is 0.590. The molecular formula is C58H45BN2. The molecule has 2 aliphatic heterocycles. The Morgan fingerprint density at radius 1 is 0.459 bits per heavy atom. The average molecular weight is 781 g/mol. The zero-order valence-electron chi connectivity index (χ0n) is 35.3. The van der Waals surface area contributed by atoms with Gasteiger partial charge in [0.15, 0.2) is 0 Å². The van der Waals surface area contributed by atoms with Crippen LogP contribution < -0.4 is 15.7 Å². The highest BCUT2D eigenvalue weighted by Gasteiger charge is 2.44. The van der Waals surface area contributed by atoms with Crippen molar-refractivity contribution in [3.8, 4) is 50.2 Å². The molecule has 3 heteroatoms. The number of fused-ring (bicyclic) bond motifs is 8. The van der Waals surface area contributed by atoms with Crippen LogP contribution in [0.5, 0.6) is 0 Å². The lowest BCUT2D eigenvalue weighted by atomic mass is 9.43. The van der Waals surface area contributed by atoms with E-state index in [0.29, 0.717) is 0 Å². The molecule has 2 nitrogen and oxygen atoms in total. The van der Waals surface area contributed by atoms with Crippen molar-refractivity contribution in [2.75, 3.05) is 4.81 Å². The smallest absolute Gasteiger partial charge is 0.333 e. The molecule has 0 atom stereocenters. The second-order valence-corrected chi connectivity index (χ2v) is 18.3. The molecule has 9 aromatic carbocycles. The van der Waals surface area contributed by atoms with Crippen molar-refractivity contribution in [3.63, 3.8) is 0 Å². The Kier molecular flexibility index (Phi) is 7.75. The Hall–Kier alpha value is -7.10. The Morgan fingerprint density at radius 3 is 1.79 bits per heavy atom. The number of rotatable bonds is 4. The van der Waals surface area contributed by atoms with E-state index in [1.54, 1.807) is 0 Å². The SMILES string of the molecule is Cc1cccc(C)c1-c1cc2c3c(c1)-n1c4ccc(-c5ccccc5)cc4c4cc(-c5ccccc5)cc(c41)B3N(c1ccc(C(C)(C)C)cc1)c1cc3ccccc3cc1-2. The minimum absolute atomic E-state index is 0.0406. The zero-order valence-corrected chi connectivity index (χ0v) is 35.3. The van der Waals surface area contributed by atoms with Gasteiger partial charge < -0.3 is 9.38 Å². The third kappa shape index (κ3) is 5.43. The number of anilines is 2. The molecule has 0 bridgehead atoms. The second kappa shape index (κ2) is 13.2. The largest absolute Gasteiger partial charge is 0.376 e. The van der Waals surface area contributed by atoms with Gasteiger partial charge in [-0.25, -0.2) is 0 Å². The van der Waals surface area contributed by atoms with Gasteiger partial charge >= 0.3 is 6.85 Å². The third-order valence-electron chi connectivity index (χ3n) is 13.5. The number of hydrogen-bond acceptors (Lipinski definition) is 1. The van der Waals surface area contributed by atoms with Gasteiger partial charge in [0.1, 0.15) is 0 Å². The molecule has 10 aromatic rings. The quantitative estimate of drug-likeness (QED) is 0.162. The summed E-state index contributed by atoms with van der Waals surface area (Å²) in [5, 5.41) is 5.04. The first-order chi connectivity index (χ1) is 29.7. The molecule has 2 aliphatic rings. The standard InChI is InChI=1S/C58H45BN2/c1-36-15-14-16-37(2)55(36)44-32-49-47-29-40-21-12-13-22-41(40)34-53(47)61(46-26-24-45(25-27-46)58(3,4)5)59-51-33-43(39-19-10-7-11-20-39)31-50-48-30-42(38-17-8-6-9-18-38)23-28-52(48)60(57(50)51)54(35-44)56(49)59/h6-35H,1-5H3. The van der Waals surface area contributed by atoms with Crippen LogP contribution in [0.2, 0.25) is 0 Å². The van der Waals surface area contributed by atoms with Crippen molar-refractivity contribution >= 4 is 61.7 Å². The molecule has 0 saturated carbocycles. The van der Waals surface area contributed by atoms with Crippen molar-refractivity contribution in [1.29, 1.82) is 0 Å². The normalized spacial score (nSPS) is 12.9. The van der Waals surface area contributed by atoms with Crippen LogP contribution in [-0.2, 0) is 5.41 Å². The highest BCUT2D eigenvalue weighted by molar-refractivity contribution is 6.93. The fraction of sp³-hybridized carbons (Fsp3) is 0.103. The molecule has 0 aliphatic carbocycles. The monoisotopic (exact) mass is 780 g/mol. The summed E-state index contributed by atoms with van der Waals surface area (Å²) in [5.74, 6) is 0. The number of aromatic nitrogens is 1. The first-order valence-corrected chi connectivity index (χ1v) is 21.6. The summed E-state index contributed by atoms with van der Waals surface area (Å²) in [7, 11) is 0. The predicted octanol–water partition coefficient (Wildman–Crippen LogP) is 14.1. The van der Waals surface area contributed by atoms with Crippen LogP contribution in [0.3, 0.4) is 0 Å². The summed E-state index contributed by atoms with van der Waals surface area (Å²) in [5.41, 5.74) is 22.8. The molecule has 61 heavy (non-hydrogen) atoms. The third-order valence-corrected chi connectivity index (χ3v) is 13.5. The highest BCUT2D eigenvalue weighted by Crippen LogP contribution is 2.48. The minimum Gasteiger partial charge on any atom is -0.376 e. The van der Waals surface area contributed by atoms with Crippen LogP contribution in [-0.4, -0.2) is 11.4 Å². The Balaban J connectivity index is 1.26. The van der Waals surface area contributed by atoms with Crippen LogP contribution in [0, 0.1) is 13.8 Å². The van der Waals surface area contributed by atoms with Gasteiger partial charge in [-0.15, -0.1) is 0 Å². The number of benzene rings is 9. The van der Waals surface area contributed by atoms with Crippen LogP contribution >= 0.6 is 0 Å². The highest BCUT2D eigenvalue weighted by atomic mass is 15.1. The summed E-state index contributed by atoms with van der Waals surface area (Å²) in [6.07, 6.45) is 0. The topological polar surface area (TPSA) is 8.17 Å². The molecule has 12 rings (SSSR count). The van der Waals surface area contributed by atoms with Crippen LogP contribution in [0.4, 0.5) is 11.4 Å². The summed E-state index contributed by atoms with van der Waals surface area (Å²) in [6, 6.07) is 68.8. The molecule has 0 unspecified atom stereocenters. The zero-order chi connectivity index (χ0) is 41.1. The van der Waals surface area contributed by atoms with Crippen molar-refractivity contribution < 1.29 is 0 Å². The number of nitrogens with zero attached hydrogens (tertiary/aromatic N) is 2. The summed E-state index contributed by atoms with van der Waals surface area (Å²) < 4.78 is 2.61. The second-order valence-electron chi connectivity index (χ2n) is 18.3. The fourth-order valence-corrected chi connectivity index (χ4v) is 10.6. The molecule has 0 fully saturated rings. The minimum atomic E-state index is -0.0947. The maximum Gasteiger partial charge on any atom is 0.333 e. The first-order valence-electron chi connectivity index (χ1n) is 21.6. The maximum absolute atomic E-state index is 2.67. The molecule has 0 amide bonds. The lowest BCUT2D eigenvalue weighted by Crippen LogP contribution is -2.60. The van der Waals surface area contributed by atoms with Crippen LogP contribution in [0.15, 0.2) is 182 Å². The molecule has 0 N–H and O–H groups in total. The van der Waals surface area contributed by atoms with Gasteiger partial charge in [-0.2, -0.15) is 0 Å². The van der Waals surface area contributed by atoms with E-state index in [0.717, 1.165) is 0 Å². The predicted molar refractivity (Wildman–Crippen MR) is 262 cm³/mol. The van der Waals surface area contributed by atoms with E-state index >= 15 is 0 Å². The van der Waals surface area contributed by atoms with Crippen molar-refractivity contribution in [1.82, 2.24) is 4.57 Å². The summed E-state index contributed by atoms with van der Waals surface area (Å²) in [4.78, 5) is 2.67.